The van der Waals surface area contributed by atoms with Crippen molar-refractivity contribution >= 4 is 34.7 Å². The molecule has 0 saturated heterocycles. The summed E-state index contributed by atoms with van der Waals surface area (Å²) in [6.07, 6.45) is 1.41. The van der Waals surface area contributed by atoms with Gasteiger partial charge in [0.25, 0.3) is 0 Å². The van der Waals surface area contributed by atoms with E-state index in [4.69, 9.17) is 27.9 Å². The maximum absolute atomic E-state index is 5.65. The number of nitrogens with zero attached hydrogens (tertiary/aromatic N) is 2. The van der Waals surface area contributed by atoms with E-state index in [0.717, 1.165) is 0 Å². The second-order valence-electron chi connectivity index (χ2n) is 3.13. The van der Waals surface area contributed by atoms with Gasteiger partial charge in [-0.25, -0.2) is 4.99 Å². The van der Waals surface area contributed by atoms with Crippen molar-refractivity contribution in [2.24, 2.45) is 9.98 Å². The molecule has 0 bridgehead atoms. The average molecular weight is 225 g/mol. The van der Waals surface area contributed by atoms with Gasteiger partial charge < -0.3 is 4.74 Å². The molecule has 0 aliphatic heterocycles. The third-order valence-corrected chi connectivity index (χ3v) is 2.06. The van der Waals surface area contributed by atoms with Gasteiger partial charge in [-0.05, 0) is 13.8 Å². The van der Waals surface area contributed by atoms with Crippen LogP contribution in [0.5, 0.6) is 0 Å². The van der Waals surface area contributed by atoms with E-state index in [-0.39, 0.29) is 5.54 Å². The predicted octanol–water partition coefficient (Wildman–Crippen LogP) is 2.32. The molecule has 0 unspecified atom stereocenters. The van der Waals surface area contributed by atoms with Crippen LogP contribution in [-0.2, 0) is 4.74 Å². The molecule has 0 aromatic rings. The molecule has 0 radical (unpaired) electrons. The minimum absolute atomic E-state index is 0.296. The van der Waals surface area contributed by atoms with Crippen molar-refractivity contribution in [3.63, 3.8) is 0 Å². The van der Waals surface area contributed by atoms with Crippen LogP contribution in [-0.4, -0.2) is 36.6 Å². The Morgan fingerprint density at radius 2 is 2.15 bits per heavy atom. The fraction of sp³-hybridized carbons (Fsp3) is 0.750. The summed E-state index contributed by atoms with van der Waals surface area (Å²) in [5, 5.41) is 0.372. The molecular formula is C8H14Cl2N2O. The maximum atomic E-state index is 5.65. The lowest BCUT2D eigenvalue weighted by Crippen LogP contribution is -2.18. The molecule has 0 aliphatic carbocycles. The third-order valence-electron chi connectivity index (χ3n) is 1.20. The molecular weight excluding hydrogens is 211 g/mol. The summed E-state index contributed by atoms with van der Waals surface area (Å²) in [6, 6.07) is 0. The van der Waals surface area contributed by atoms with Crippen LogP contribution in [0.2, 0.25) is 0 Å². The molecule has 0 aliphatic rings. The Bertz CT molecular complexity index is 202. The summed E-state index contributed by atoms with van der Waals surface area (Å²) < 4.78 is 4.76. The molecule has 0 N–H and O–H groups in total. The van der Waals surface area contributed by atoms with E-state index in [2.05, 4.69) is 9.98 Å². The fourth-order valence-electron chi connectivity index (χ4n) is 0.439. The first kappa shape index (κ1) is 12.9. The second kappa shape index (κ2) is 6.35. The largest absolute Gasteiger partial charge is 0.377 e. The van der Waals surface area contributed by atoms with Crippen molar-refractivity contribution < 1.29 is 4.74 Å². The smallest absolute Gasteiger partial charge is 0.133 e. The van der Waals surface area contributed by atoms with Gasteiger partial charge in [-0.1, -0.05) is 11.6 Å². The number of hydrogen-bond donors (Lipinski definition) is 0. The van der Waals surface area contributed by atoms with Crippen molar-refractivity contribution in [2.45, 2.75) is 19.4 Å². The summed E-state index contributed by atoms with van der Waals surface area (Å²) in [7, 11) is 1.55. The molecule has 76 valence electrons. The monoisotopic (exact) mass is 224 g/mol. The zero-order valence-corrected chi connectivity index (χ0v) is 9.56. The number of halogens is 2. The quantitative estimate of drug-likeness (QED) is 0.401. The van der Waals surface area contributed by atoms with E-state index in [9.17, 15) is 0 Å². The van der Waals surface area contributed by atoms with Crippen molar-refractivity contribution in [1.29, 1.82) is 0 Å². The molecule has 0 fully saturated rings. The molecule has 0 aromatic carbocycles. The Labute approximate surface area is 88.8 Å². The van der Waals surface area contributed by atoms with Gasteiger partial charge in [-0.3, -0.25) is 4.99 Å². The van der Waals surface area contributed by atoms with Crippen LogP contribution in [0.15, 0.2) is 9.98 Å². The molecule has 0 amide bonds. The summed E-state index contributed by atoms with van der Waals surface area (Å²) in [5.41, 5.74) is -0.296. The van der Waals surface area contributed by atoms with Gasteiger partial charge in [0.05, 0.1) is 12.1 Å². The summed E-state index contributed by atoms with van der Waals surface area (Å²) in [6.45, 7) is 4.13. The molecule has 0 heterocycles. The zero-order valence-electron chi connectivity index (χ0n) is 8.05. The van der Waals surface area contributed by atoms with E-state index in [0.29, 0.717) is 17.7 Å². The van der Waals surface area contributed by atoms with Gasteiger partial charge in [-0.15, -0.1) is 11.6 Å². The number of aliphatic imine (C=N–C) groups is 2. The lowest BCUT2D eigenvalue weighted by atomic mass is 10.1. The molecule has 0 aromatic heterocycles. The Balaban J connectivity index is 4.06. The number of ether oxygens (including phenoxy) is 1. The van der Waals surface area contributed by atoms with E-state index in [1.165, 1.54) is 6.34 Å². The first-order valence-electron chi connectivity index (χ1n) is 3.82. The number of hydrogen-bond acceptors (Lipinski definition) is 2. The van der Waals surface area contributed by atoms with Gasteiger partial charge >= 0.3 is 0 Å². The van der Waals surface area contributed by atoms with Crippen LogP contribution >= 0.6 is 23.2 Å². The summed E-state index contributed by atoms with van der Waals surface area (Å²) in [5.74, 6) is 0.445. The first-order valence-corrected chi connectivity index (χ1v) is 4.74. The number of methoxy groups -OCH3 is 1. The molecule has 0 rings (SSSR count). The highest BCUT2D eigenvalue weighted by Crippen LogP contribution is 2.09. The highest BCUT2D eigenvalue weighted by atomic mass is 35.5. The summed E-state index contributed by atoms with van der Waals surface area (Å²) >= 11 is 11.3. The Morgan fingerprint density at radius 1 is 1.54 bits per heavy atom. The lowest BCUT2D eigenvalue weighted by Gasteiger charge is -2.13. The van der Waals surface area contributed by atoms with Gasteiger partial charge in [-0.2, -0.15) is 0 Å². The van der Waals surface area contributed by atoms with Crippen molar-refractivity contribution in [1.82, 2.24) is 0 Å². The number of alkyl halides is 1. The minimum atomic E-state index is -0.296. The lowest BCUT2D eigenvalue weighted by molar-refractivity contribution is 0.247. The van der Waals surface area contributed by atoms with Crippen LogP contribution in [0.25, 0.3) is 0 Å². The van der Waals surface area contributed by atoms with Crippen LogP contribution in [0.3, 0.4) is 0 Å². The van der Waals surface area contributed by atoms with Gasteiger partial charge in [0.15, 0.2) is 0 Å². The van der Waals surface area contributed by atoms with E-state index in [1.54, 1.807) is 7.11 Å². The van der Waals surface area contributed by atoms with Gasteiger partial charge in [0.1, 0.15) is 11.5 Å². The molecule has 3 nitrogen and oxygen atoms in total. The Kier molecular flexibility index (Phi) is 6.29. The minimum Gasteiger partial charge on any atom is -0.377 e. The van der Waals surface area contributed by atoms with E-state index >= 15 is 0 Å². The third kappa shape index (κ3) is 6.99. The molecule has 0 spiro atoms. The van der Waals surface area contributed by atoms with Crippen LogP contribution in [0, 0.1) is 0 Å². The maximum Gasteiger partial charge on any atom is 0.133 e. The fourth-order valence-corrected chi connectivity index (χ4v) is 0.660. The topological polar surface area (TPSA) is 34.0 Å². The second-order valence-corrected chi connectivity index (χ2v) is 3.83. The first-order chi connectivity index (χ1) is 6.02. The summed E-state index contributed by atoms with van der Waals surface area (Å²) in [4.78, 5) is 7.97. The van der Waals surface area contributed by atoms with Crippen molar-refractivity contribution in [3.8, 4) is 0 Å². The Morgan fingerprint density at radius 3 is 2.62 bits per heavy atom. The predicted molar refractivity (Wildman–Crippen MR) is 58.5 cm³/mol. The van der Waals surface area contributed by atoms with Crippen LogP contribution < -0.4 is 0 Å². The highest BCUT2D eigenvalue weighted by molar-refractivity contribution is 6.66. The normalized spacial score (nSPS) is 14.1. The van der Waals surface area contributed by atoms with Gasteiger partial charge in [0.2, 0.25) is 0 Å². The van der Waals surface area contributed by atoms with Gasteiger partial charge in [0, 0.05) is 13.0 Å². The molecule has 0 atom stereocenters. The Hall–Kier alpha value is -0.120. The molecule has 5 heteroatoms. The van der Waals surface area contributed by atoms with Crippen molar-refractivity contribution in [2.75, 3.05) is 19.6 Å². The van der Waals surface area contributed by atoms with E-state index in [1.807, 2.05) is 13.8 Å². The van der Waals surface area contributed by atoms with Crippen LogP contribution in [0.4, 0.5) is 0 Å². The molecule has 13 heavy (non-hydrogen) atoms. The van der Waals surface area contributed by atoms with Crippen molar-refractivity contribution in [3.05, 3.63) is 0 Å². The SMILES string of the molecule is COC/C(Cl)=N\C=N/C(C)(C)CCl. The average Bonchev–Trinajstić information content (AvgIpc) is 2.05. The molecule has 0 saturated carbocycles. The van der Waals surface area contributed by atoms with E-state index < -0.39 is 0 Å². The van der Waals surface area contributed by atoms with Crippen LogP contribution in [0.1, 0.15) is 13.8 Å². The zero-order chi connectivity index (χ0) is 10.3. The standard InChI is InChI=1S/C8H14Cl2N2O/c1-8(2,5-9)12-6-11-7(10)4-13-3/h6H,4-5H2,1-3H3/b11-7+,12-6-. The number of rotatable bonds is 5. The highest BCUT2D eigenvalue weighted by Gasteiger charge is 2.12.